The highest BCUT2D eigenvalue weighted by atomic mass is 14.9. The molecule has 2 nitrogen and oxygen atoms in total. The summed E-state index contributed by atoms with van der Waals surface area (Å²) in [6.07, 6.45) is 4.29. The fourth-order valence-corrected chi connectivity index (χ4v) is 1.38. The zero-order chi connectivity index (χ0) is 9.03. The minimum absolute atomic E-state index is 0.268. The van der Waals surface area contributed by atoms with Crippen molar-refractivity contribution in [2.75, 3.05) is 19.6 Å². The standard InChI is InChI=1S/C10H22N2/c1-10(2,7-11)8-12-6-9-4-3-5-9/h9,12H,3-8,11H2,1-2H3. The lowest BCUT2D eigenvalue weighted by Gasteiger charge is -2.28. The minimum atomic E-state index is 0.268. The van der Waals surface area contributed by atoms with Crippen molar-refractivity contribution >= 4 is 0 Å². The Bertz CT molecular complexity index is 128. The molecule has 3 N–H and O–H groups in total. The molecule has 0 saturated heterocycles. The van der Waals surface area contributed by atoms with Crippen LogP contribution in [0.25, 0.3) is 0 Å². The highest BCUT2D eigenvalue weighted by molar-refractivity contribution is 4.76. The van der Waals surface area contributed by atoms with Crippen molar-refractivity contribution in [2.45, 2.75) is 33.1 Å². The van der Waals surface area contributed by atoms with Gasteiger partial charge < -0.3 is 11.1 Å². The summed E-state index contributed by atoms with van der Waals surface area (Å²) in [7, 11) is 0. The molecule has 0 aromatic rings. The van der Waals surface area contributed by atoms with Crippen molar-refractivity contribution < 1.29 is 0 Å². The van der Waals surface area contributed by atoms with Crippen molar-refractivity contribution in [3.05, 3.63) is 0 Å². The number of hydrogen-bond donors (Lipinski definition) is 2. The van der Waals surface area contributed by atoms with Gasteiger partial charge in [0.15, 0.2) is 0 Å². The van der Waals surface area contributed by atoms with Gasteiger partial charge in [-0.2, -0.15) is 0 Å². The van der Waals surface area contributed by atoms with E-state index in [0.29, 0.717) is 0 Å². The first-order valence-corrected chi connectivity index (χ1v) is 5.05. The van der Waals surface area contributed by atoms with Gasteiger partial charge in [-0.15, -0.1) is 0 Å². The van der Waals surface area contributed by atoms with Gasteiger partial charge in [-0.1, -0.05) is 20.3 Å². The van der Waals surface area contributed by atoms with E-state index >= 15 is 0 Å². The fraction of sp³-hybridized carbons (Fsp3) is 1.00. The molecule has 0 bridgehead atoms. The average Bonchev–Trinajstić information content (AvgIpc) is 1.95. The summed E-state index contributed by atoms with van der Waals surface area (Å²) >= 11 is 0. The van der Waals surface area contributed by atoms with E-state index in [1.807, 2.05) is 0 Å². The molecular weight excluding hydrogens is 148 g/mol. The predicted molar refractivity (Wildman–Crippen MR) is 53.0 cm³/mol. The summed E-state index contributed by atoms with van der Waals surface area (Å²) in [6.45, 7) is 7.44. The Kier molecular flexibility index (Phi) is 3.53. The lowest BCUT2D eigenvalue weighted by molar-refractivity contribution is 0.274. The van der Waals surface area contributed by atoms with Crippen molar-refractivity contribution in [3.8, 4) is 0 Å². The van der Waals surface area contributed by atoms with Gasteiger partial charge in [-0.25, -0.2) is 0 Å². The Morgan fingerprint density at radius 3 is 2.50 bits per heavy atom. The molecular formula is C10H22N2. The molecule has 0 aromatic heterocycles. The topological polar surface area (TPSA) is 38.0 Å². The van der Waals surface area contributed by atoms with Crippen molar-refractivity contribution in [3.63, 3.8) is 0 Å². The minimum Gasteiger partial charge on any atom is -0.330 e. The van der Waals surface area contributed by atoms with E-state index in [0.717, 1.165) is 19.0 Å². The summed E-state index contributed by atoms with van der Waals surface area (Å²) in [5.41, 5.74) is 5.90. The van der Waals surface area contributed by atoms with Gasteiger partial charge in [0.2, 0.25) is 0 Å². The van der Waals surface area contributed by atoms with Crippen molar-refractivity contribution in [1.82, 2.24) is 5.32 Å². The molecule has 0 radical (unpaired) electrons. The molecule has 2 heteroatoms. The van der Waals surface area contributed by atoms with Crippen LogP contribution in [0.4, 0.5) is 0 Å². The third-order valence-electron chi connectivity index (χ3n) is 2.81. The Balaban J connectivity index is 2.00. The van der Waals surface area contributed by atoms with E-state index in [1.165, 1.54) is 25.8 Å². The Morgan fingerprint density at radius 2 is 2.08 bits per heavy atom. The molecule has 0 heterocycles. The van der Waals surface area contributed by atoms with Crippen LogP contribution in [0.15, 0.2) is 0 Å². The quantitative estimate of drug-likeness (QED) is 0.654. The van der Waals surface area contributed by atoms with Crippen molar-refractivity contribution in [2.24, 2.45) is 17.1 Å². The second-order valence-corrected chi connectivity index (χ2v) is 4.80. The molecule has 72 valence electrons. The largest absolute Gasteiger partial charge is 0.330 e. The molecule has 0 aliphatic heterocycles. The van der Waals surface area contributed by atoms with Crippen molar-refractivity contribution in [1.29, 1.82) is 0 Å². The Morgan fingerprint density at radius 1 is 1.42 bits per heavy atom. The zero-order valence-electron chi connectivity index (χ0n) is 8.40. The zero-order valence-corrected chi connectivity index (χ0v) is 8.40. The summed E-state index contributed by atoms with van der Waals surface area (Å²) < 4.78 is 0. The van der Waals surface area contributed by atoms with Crippen LogP contribution in [-0.4, -0.2) is 19.6 Å². The van der Waals surface area contributed by atoms with Crippen LogP contribution < -0.4 is 11.1 Å². The van der Waals surface area contributed by atoms with Crippen LogP contribution in [0.3, 0.4) is 0 Å². The number of nitrogens with one attached hydrogen (secondary N) is 1. The molecule has 1 saturated carbocycles. The number of hydrogen-bond acceptors (Lipinski definition) is 2. The normalized spacial score (nSPS) is 19.2. The van der Waals surface area contributed by atoms with E-state index < -0.39 is 0 Å². The lowest BCUT2D eigenvalue weighted by atomic mass is 9.85. The number of rotatable bonds is 5. The summed E-state index contributed by atoms with van der Waals surface area (Å²) in [5, 5.41) is 3.50. The molecule has 12 heavy (non-hydrogen) atoms. The first-order chi connectivity index (χ1) is 5.64. The van der Waals surface area contributed by atoms with Crippen LogP contribution in [0.2, 0.25) is 0 Å². The van der Waals surface area contributed by atoms with E-state index in [1.54, 1.807) is 0 Å². The monoisotopic (exact) mass is 170 g/mol. The van der Waals surface area contributed by atoms with Gasteiger partial charge in [-0.05, 0) is 37.3 Å². The molecule has 1 fully saturated rings. The Hall–Kier alpha value is -0.0800. The van der Waals surface area contributed by atoms with E-state index in [9.17, 15) is 0 Å². The SMILES string of the molecule is CC(C)(CN)CNCC1CCC1. The van der Waals surface area contributed by atoms with Gasteiger partial charge in [0.05, 0.1) is 0 Å². The first-order valence-electron chi connectivity index (χ1n) is 5.05. The second-order valence-electron chi connectivity index (χ2n) is 4.80. The summed E-state index contributed by atoms with van der Waals surface area (Å²) in [5.74, 6) is 0.957. The first kappa shape index (κ1) is 10.0. The molecule has 0 aromatic carbocycles. The fourth-order valence-electron chi connectivity index (χ4n) is 1.38. The number of nitrogens with two attached hydrogens (primary N) is 1. The van der Waals surface area contributed by atoms with Crippen LogP contribution in [0, 0.1) is 11.3 Å². The highest BCUT2D eigenvalue weighted by Crippen LogP contribution is 2.25. The molecule has 1 aliphatic carbocycles. The van der Waals surface area contributed by atoms with Gasteiger partial charge in [-0.3, -0.25) is 0 Å². The van der Waals surface area contributed by atoms with E-state index in [2.05, 4.69) is 19.2 Å². The molecule has 1 aliphatic rings. The predicted octanol–water partition coefficient (Wildman–Crippen LogP) is 1.36. The maximum atomic E-state index is 5.63. The van der Waals surface area contributed by atoms with Gasteiger partial charge in [0.1, 0.15) is 0 Å². The molecule has 1 rings (SSSR count). The molecule has 0 amide bonds. The Labute approximate surface area is 75.9 Å². The van der Waals surface area contributed by atoms with Crippen LogP contribution in [0.5, 0.6) is 0 Å². The van der Waals surface area contributed by atoms with Crippen LogP contribution in [-0.2, 0) is 0 Å². The van der Waals surface area contributed by atoms with Crippen LogP contribution >= 0.6 is 0 Å². The van der Waals surface area contributed by atoms with E-state index in [4.69, 9.17) is 5.73 Å². The lowest BCUT2D eigenvalue weighted by Crippen LogP contribution is -2.38. The third kappa shape index (κ3) is 3.11. The third-order valence-corrected chi connectivity index (χ3v) is 2.81. The maximum Gasteiger partial charge on any atom is 0.00147 e. The molecule has 0 unspecified atom stereocenters. The summed E-state index contributed by atoms with van der Waals surface area (Å²) in [6, 6.07) is 0. The average molecular weight is 170 g/mol. The molecule has 0 atom stereocenters. The van der Waals surface area contributed by atoms with Crippen LogP contribution in [0.1, 0.15) is 33.1 Å². The summed E-state index contributed by atoms with van der Waals surface area (Å²) in [4.78, 5) is 0. The van der Waals surface area contributed by atoms with Gasteiger partial charge >= 0.3 is 0 Å². The maximum absolute atomic E-state index is 5.63. The highest BCUT2D eigenvalue weighted by Gasteiger charge is 2.19. The van der Waals surface area contributed by atoms with E-state index in [-0.39, 0.29) is 5.41 Å². The smallest absolute Gasteiger partial charge is 0.00147 e. The van der Waals surface area contributed by atoms with Gasteiger partial charge in [0, 0.05) is 6.54 Å². The molecule has 0 spiro atoms. The van der Waals surface area contributed by atoms with Gasteiger partial charge in [0.25, 0.3) is 0 Å². The second kappa shape index (κ2) is 4.24.